The van der Waals surface area contributed by atoms with E-state index in [1.165, 1.54) is 6.20 Å². The van der Waals surface area contributed by atoms with Crippen molar-refractivity contribution in [1.82, 2.24) is 9.97 Å². The van der Waals surface area contributed by atoms with Crippen molar-refractivity contribution in [3.63, 3.8) is 0 Å². The largest absolute Gasteiger partial charge is 0.434 e. The van der Waals surface area contributed by atoms with Gasteiger partial charge in [-0.1, -0.05) is 0 Å². The minimum absolute atomic E-state index is 0.0257. The van der Waals surface area contributed by atoms with Gasteiger partial charge in [-0.2, -0.15) is 18.4 Å². The van der Waals surface area contributed by atoms with E-state index in [0.29, 0.717) is 17.1 Å². The molecule has 3 heterocycles. The van der Waals surface area contributed by atoms with Crippen molar-refractivity contribution in [1.29, 1.82) is 5.26 Å². The summed E-state index contributed by atoms with van der Waals surface area (Å²) in [5.41, 5.74) is -0.330. The second kappa shape index (κ2) is 6.16. The number of rotatable bonds is 2. The highest BCUT2D eigenvalue weighted by molar-refractivity contribution is 7.09. The van der Waals surface area contributed by atoms with Gasteiger partial charge in [-0.3, -0.25) is 0 Å². The van der Waals surface area contributed by atoms with Gasteiger partial charge >= 0.3 is 6.18 Å². The number of halogens is 3. The second-order valence-corrected chi connectivity index (χ2v) is 6.26. The van der Waals surface area contributed by atoms with Crippen molar-refractivity contribution < 1.29 is 13.2 Å². The lowest BCUT2D eigenvalue weighted by molar-refractivity contribution is -0.140. The molecule has 0 unspecified atom stereocenters. The maximum atomic E-state index is 12.7. The van der Waals surface area contributed by atoms with Crippen molar-refractivity contribution in [3.8, 4) is 6.07 Å². The van der Waals surface area contributed by atoms with Gasteiger partial charge in [-0.05, 0) is 25.0 Å². The number of thiazole rings is 1. The van der Waals surface area contributed by atoms with Crippen LogP contribution in [-0.4, -0.2) is 23.1 Å². The summed E-state index contributed by atoms with van der Waals surface area (Å²) >= 11 is 1.06. The number of aromatic nitrogens is 2. The highest BCUT2D eigenvalue weighted by atomic mass is 32.1. The van der Waals surface area contributed by atoms with Crippen molar-refractivity contribution in [2.24, 2.45) is 0 Å². The molecule has 0 spiro atoms. The molecule has 0 saturated carbocycles. The molecule has 1 saturated heterocycles. The summed E-state index contributed by atoms with van der Waals surface area (Å²) < 4.78 is 38.0. The third kappa shape index (κ3) is 3.45. The molecular formula is C15H13F3N4S. The molecule has 2 aromatic rings. The zero-order valence-electron chi connectivity index (χ0n) is 12.0. The van der Waals surface area contributed by atoms with E-state index in [-0.39, 0.29) is 5.92 Å². The third-order valence-electron chi connectivity index (χ3n) is 3.78. The predicted molar refractivity (Wildman–Crippen MR) is 80.3 cm³/mol. The Balaban J connectivity index is 1.75. The van der Waals surface area contributed by atoms with Crippen LogP contribution < -0.4 is 4.90 Å². The summed E-state index contributed by atoms with van der Waals surface area (Å²) in [6.45, 7) is 1.39. The van der Waals surface area contributed by atoms with Crippen molar-refractivity contribution >= 4 is 17.2 Å². The van der Waals surface area contributed by atoms with Gasteiger partial charge in [0, 0.05) is 30.6 Å². The van der Waals surface area contributed by atoms with Crippen LogP contribution >= 0.6 is 11.3 Å². The first-order valence-corrected chi connectivity index (χ1v) is 7.99. The molecular weight excluding hydrogens is 325 g/mol. The molecule has 0 aliphatic carbocycles. The molecule has 0 radical (unpaired) electrons. The summed E-state index contributed by atoms with van der Waals surface area (Å²) in [4.78, 5) is 10.0. The summed E-state index contributed by atoms with van der Waals surface area (Å²) in [6.07, 6.45) is -1.20. The van der Waals surface area contributed by atoms with Crippen molar-refractivity contribution in [2.75, 3.05) is 18.0 Å². The van der Waals surface area contributed by atoms with Crippen LogP contribution in [0.25, 0.3) is 0 Å². The van der Waals surface area contributed by atoms with E-state index in [4.69, 9.17) is 5.26 Å². The van der Waals surface area contributed by atoms with Crippen LogP contribution in [0.2, 0.25) is 0 Å². The van der Waals surface area contributed by atoms with Gasteiger partial charge in [-0.15, -0.1) is 11.3 Å². The fourth-order valence-corrected chi connectivity index (χ4v) is 3.59. The lowest BCUT2D eigenvalue weighted by atomic mass is 9.98. The first kappa shape index (κ1) is 15.7. The van der Waals surface area contributed by atoms with E-state index in [1.54, 1.807) is 12.1 Å². The monoisotopic (exact) mass is 338 g/mol. The molecule has 0 bridgehead atoms. The Kier molecular flexibility index (Phi) is 4.22. The maximum Gasteiger partial charge on any atom is 0.434 e. The van der Waals surface area contributed by atoms with Crippen LogP contribution in [-0.2, 0) is 6.18 Å². The molecule has 0 amide bonds. The van der Waals surface area contributed by atoms with Gasteiger partial charge in [0.15, 0.2) is 5.69 Å². The van der Waals surface area contributed by atoms with E-state index in [1.807, 2.05) is 11.0 Å². The zero-order chi connectivity index (χ0) is 16.4. The SMILES string of the molecule is N#Cc1ccc(N2CCC[C@@H](c3nc(C(F)(F)F)cs3)C2)nc1. The number of nitriles is 1. The molecule has 2 aromatic heterocycles. The summed E-state index contributed by atoms with van der Waals surface area (Å²) in [7, 11) is 0. The van der Waals surface area contributed by atoms with Crippen LogP contribution in [0.5, 0.6) is 0 Å². The van der Waals surface area contributed by atoms with Gasteiger partial charge in [-0.25, -0.2) is 9.97 Å². The number of piperidine rings is 1. The predicted octanol–water partition coefficient (Wildman–Crippen LogP) is 3.81. The first-order chi connectivity index (χ1) is 11.0. The van der Waals surface area contributed by atoms with E-state index in [2.05, 4.69) is 9.97 Å². The summed E-state index contributed by atoms with van der Waals surface area (Å²) in [5, 5.41) is 10.4. The van der Waals surface area contributed by atoms with Gasteiger partial charge in [0.05, 0.1) is 10.6 Å². The number of hydrogen-bond acceptors (Lipinski definition) is 5. The van der Waals surface area contributed by atoms with Crippen LogP contribution in [0.4, 0.5) is 19.0 Å². The van der Waals surface area contributed by atoms with Crippen molar-refractivity contribution in [3.05, 3.63) is 40.0 Å². The fraction of sp³-hybridized carbons (Fsp3) is 0.400. The lowest BCUT2D eigenvalue weighted by Gasteiger charge is -2.32. The topological polar surface area (TPSA) is 52.8 Å². The third-order valence-corrected chi connectivity index (χ3v) is 4.79. The molecule has 8 heteroatoms. The highest BCUT2D eigenvalue weighted by Crippen LogP contribution is 2.35. The second-order valence-electron chi connectivity index (χ2n) is 5.37. The summed E-state index contributed by atoms with van der Waals surface area (Å²) in [5.74, 6) is 0.712. The Bertz CT molecular complexity index is 718. The Morgan fingerprint density at radius 3 is 2.78 bits per heavy atom. The van der Waals surface area contributed by atoms with Gasteiger partial charge in [0.25, 0.3) is 0 Å². The molecule has 1 aliphatic heterocycles. The van der Waals surface area contributed by atoms with Crippen LogP contribution in [0, 0.1) is 11.3 Å². The average Bonchev–Trinajstić information content (AvgIpc) is 3.05. The average molecular weight is 338 g/mol. The smallest absolute Gasteiger partial charge is 0.356 e. The standard InChI is InChI=1S/C15H13F3N4S/c16-15(17,18)12-9-23-14(21-12)11-2-1-5-22(8-11)13-4-3-10(6-19)7-20-13/h3-4,7,9,11H,1-2,5,8H2/t11-/m1/s1. The minimum atomic E-state index is -4.39. The first-order valence-electron chi connectivity index (χ1n) is 7.11. The number of nitrogens with zero attached hydrogens (tertiary/aromatic N) is 4. The number of anilines is 1. The lowest BCUT2D eigenvalue weighted by Crippen LogP contribution is -2.34. The number of hydrogen-bond donors (Lipinski definition) is 0. The maximum absolute atomic E-state index is 12.7. The zero-order valence-corrected chi connectivity index (χ0v) is 12.9. The van der Waals surface area contributed by atoms with Crippen LogP contribution in [0.15, 0.2) is 23.7 Å². The quantitative estimate of drug-likeness (QED) is 0.835. The highest BCUT2D eigenvalue weighted by Gasteiger charge is 2.35. The fourth-order valence-electron chi connectivity index (χ4n) is 2.63. The Morgan fingerprint density at radius 2 is 2.17 bits per heavy atom. The molecule has 23 heavy (non-hydrogen) atoms. The molecule has 4 nitrogen and oxygen atoms in total. The molecule has 3 rings (SSSR count). The molecule has 0 aromatic carbocycles. The van der Waals surface area contributed by atoms with Crippen molar-refractivity contribution in [2.45, 2.75) is 24.9 Å². The van der Waals surface area contributed by atoms with Crippen LogP contribution in [0.1, 0.15) is 35.0 Å². The normalized spacial score (nSPS) is 18.7. The Labute approximate surface area is 135 Å². The minimum Gasteiger partial charge on any atom is -0.356 e. The van der Waals surface area contributed by atoms with E-state index in [9.17, 15) is 13.2 Å². The molecule has 1 aliphatic rings. The summed E-state index contributed by atoms with van der Waals surface area (Å²) in [6, 6.07) is 5.47. The molecule has 0 N–H and O–H groups in total. The number of alkyl halides is 3. The van der Waals surface area contributed by atoms with E-state index < -0.39 is 11.9 Å². The molecule has 1 atom stereocenters. The van der Waals surface area contributed by atoms with Gasteiger partial charge in [0.1, 0.15) is 11.9 Å². The number of pyridine rings is 1. The molecule has 120 valence electrons. The molecule has 1 fully saturated rings. The van der Waals surface area contributed by atoms with Gasteiger partial charge < -0.3 is 4.90 Å². The van der Waals surface area contributed by atoms with Gasteiger partial charge in [0.2, 0.25) is 0 Å². The van der Waals surface area contributed by atoms with E-state index in [0.717, 1.165) is 41.9 Å². The Hall–Kier alpha value is -2.14. The van der Waals surface area contributed by atoms with E-state index >= 15 is 0 Å². The van der Waals surface area contributed by atoms with Crippen LogP contribution in [0.3, 0.4) is 0 Å². The Morgan fingerprint density at radius 1 is 1.35 bits per heavy atom.